The molecule has 1 aromatic carbocycles. The van der Waals surface area contributed by atoms with Gasteiger partial charge in [0.25, 0.3) is 0 Å². The van der Waals surface area contributed by atoms with Crippen molar-refractivity contribution in [1.29, 1.82) is 0 Å². The van der Waals surface area contributed by atoms with E-state index in [9.17, 15) is 9.59 Å². The van der Waals surface area contributed by atoms with E-state index in [0.717, 1.165) is 18.4 Å². The zero-order valence-electron chi connectivity index (χ0n) is 19.2. The van der Waals surface area contributed by atoms with Crippen LogP contribution in [0.5, 0.6) is 0 Å². The molecule has 0 N–H and O–H groups in total. The summed E-state index contributed by atoms with van der Waals surface area (Å²) in [5, 5.41) is 0. The summed E-state index contributed by atoms with van der Waals surface area (Å²) in [5.74, 6) is 0.265. The maximum absolute atomic E-state index is 12.9. The van der Waals surface area contributed by atoms with Gasteiger partial charge in [-0.25, -0.2) is 4.79 Å². The van der Waals surface area contributed by atoms with E-state index in [2.05, 4.69) is 27.7 Å². The highest BCUT2D eigenvalue weighted by atomic mass is 16.6. The third kappa shape index (κ3) is 3.71. The smallest absolute Gasteiger partial charge is 0.331 e. The molecule has 7 atom stereocenters. The van der Waals surface area contributed by atoms with Gasteiger partial charge in [-0.15, -0.1) is 0 Å². The molecule has 1 saturated carbocycles. The van der Waals surface area contributed by atoms with Crippen LogP contribution in [-0.2, 0) is 23.8 Å². The number of carbonyl (C=O) groups excluding carboxylic acids is 2. The number of carbonyl (C=O) groups is 2. The molecule has 0 unspecified atom stereocenters. The maximum atomic E-state index is 12.9. The highest BCUT2D eigenvalue weighted by Gasteiger charge is 2.72. The van der Waals surface area contributed by atoms with Crippen LogP contribution in [0.3, 0.4) is 0 Å². The van der Waals surface area contributed by atoms with Crippen molar-refractivity contribution < 1.29 is 23.8 Å². The van der Waals surface area contributed by atoms with Crippen LogP contribution < -0.4 is 0 Å². The molecule has 2 saturated heterocycles. The average molecular weight is 427 g/mol. The molecular formula is C26H34O5. The summed E-state index contributed by atoms with van der Waals surface area (Å²) < 4.78 is 18.8. The fourth-order valence-corrected chi connectivity index (χ4v) is 6.34. The van der Waals surface area contributed by atoms with E-state index >= 15 is 0 Å². The van der Waals surface area contributed by atoms with Crippen LogP contribution in [0, 0.1) is 23.7 Å². The van der Waals surface area contributed by atoms with Crippen LogP contribution >= 0.6 is 0 Å². The van der Waals surface area contributed by atoms with Crippen molar-refractivity contribution in [1.82, 2.24) is 0 Å². The van der Waals surface area contributed by atoms with Gasteiger partial charge in [0.2, 0.25) is 0 Å². The van der Waals surface area contributed by atoms with Crippen molar-refractivity contribution in [2.45, 2.75) is 77.3 Å². The Labute approximate surface area is 185 Å². The second-order valence-electron chi connectivity index (χ2n) is 10.0. The third-order valence-electron chi connectivity index (χ3n) is 7.92. The van der Waals surface area contributed by atoms with E-state index in [1.54, 1.807) is 6.08 Å². The van der Waals surface area contributed by atoms with Gasteiger partial charge in [0.15, 0.2) is 0 Å². The normalized spacial score (nSPS) is 39.0. The monoisotopic (exact) mass is 426 g/mol. The number of esters is 2. The van der Waals surface area contributed by atoms with Crippen molar-refractivity contribution in [3.05, 3.63) is 42.0 Å². The number of benzene rings is 1. The summed E-state index contributed by atoms with van der Waals surface area (Å²) >= 11 is 0. The van der Waals surface area contributed by atoms with E-state index in [1.165, 1.54) is 13.0 Å². The van der Waals surface area contributed by atoms with E-state index in [-0.39, 0.29) is 41.9 Å². The molecule has 2 heterocycles. The average Bonchev–Trinajstić information content (AvgIpc) is 3.23. The van der Waals surface area contributed by atoms with Gasteiger partial charge in [-0.1, -0.05) is 51.1 Å². The standard InChI is InChI=1S/C26H34O5/c1-16(2)26-15-21(29-18(4)27)25(5,31-26)20-13-11-17(3)23(20)24(26)30-22(28)14-12-19-9-7-6-8-10-19/h6-10,12,14,16-17,20-21,23-24H,11,13,15H2,1-5H3/b14-12+/t17-,20-,21-,23-,24+,25+,26-/m0/s1. The van der Waals surface area contributed by atoms with Crippen LogP contribution in [0.15, 0.2) is 36.4 Å². The van der Waals surface area contributed by atoms with E-state index in [1.807, 2.05) is 30.3 Å². The Morgan fingerprint density at radius 1 is 1.16 bits per heavy atom. The number of hydrogen-bond donors (Lipinski definition) is 0. The van der Waals surface area contributed by atoms with Crippen LogP contribution in [0.4, 0.5) is 0 Å². The quantitative estimate of drug-likeness (QED) is 0.500. The van der Waals surface area contributed by atoms with Crippen molar-refractivity contribution in [3.8, 4) is 0 Å². The zero-order chi connectivity index (χ0) is 22.4. The van der Waals surface area contributed by atoms with Crippen molar-refractivity contribution in [3.63, 3.8) is 0 Å². The lowest BCUT2D eigenvalue weighted by atomic mass is 9.69. The Balaban J connectivity index is 1.66. The molecule has 5 heteroatoms. The zero-order valence-corrected chi connectivity index (χ0v) is 19.2. The fourth-order valence-electron chi connectivity index (χ4n) is 6.34. The molecule has 0 aromatic heterocycles. The van der Waals surface area contributed by atoms with Gasteiger partial charge in [-0.2, -0.15) is 0 Å². The number of fused-ring (bicyclic) bond motifs is 4. The first-order valence-corrected chi connectivity index (χ1v) is 11.5. The number of rotatable bonds is 5. The molecule has 5 nitrogen and oxygen atoms in total. The molecule has 4 rings (SSSR count). The Morgan fingerprint density at radius 2 is 1.87 bits per heavy atom. The molecule has 1 aromatic rings. The van der Waals surface area contributed by atoms with Crippen molar-refractivity contribution in [2.24, 2.45) is 23.7 Å². The predicted molar refractivity (Wildman–Crippen MR) is 118 cm³/mol. The summed E-state index contributed by atoms with van der Waals surface area (Å²) in [4.78, 5) is 24.8. The molecule has 31 heavy (non-hydrogen) atoms. The maximum Gasteiger partial charge on any atom is 0.331 e. The summed E-state index contributed by atoms with van der Waals surface area (Å²) in [7, 11) is 0. The first kappa shape index (κ1) is 22.1. The molecule has 0 spiro atoms. The minimum absolute atomic E-state index is 0.108. The number of ether oxygens (including phenoxy) is 3. The van der Waals surface area contributed by atoms with Gasteiger partial charge >= 0.3 is 11.9 Å². The van der Waals surface area contributed by atoms with E-state index in [4.69, 9.17) is 14.2 Å². The van der Waals surface area contributed by atoms with Gasteiger partial charge in [-0.3, -0.25) is 4.79 Å². The van der Waals surface area contributed by atoms with Gasteiger partial charge < -0.3 is 14.2 Å². The molecule has 3 aliphatic rings. The van der Waals surface area contributed by atoms with Crippen LogP contribution in [0.25, 0.3) is 6.08 Å². The second-order valence-corrected chi connectivity index (χ2v) is 10.0. The third-order valence-corrected chi connectivity index (χ3v) is 7.92. The molecular weight excluding hydrogens is 392 g/mol. The molecule has 1 aliphatic carbocycles. The molecule has 3 fully saturated rings. The summed E-state index contributed by atoms with van der Waals surface area (Å²) in [6.07, 6.45) is 5.20. The largest absolute Gasteiger partial charge is 0.459 e. The molecule has 0 radical (unpaired) electrons. The summed E-state index contributed by atoms with van der Waals surface area (Å²) in [6, 6.07) is 9.72. The number of hydrogen-bond acceptors (Lipinski definition) is 5. The topological polar surface area (TPSA) is 61.8 Å². The summed E-state index contributed by atoms with van der Waals surface area (Å²) in [6.45, 7) is 10.0. The lowest BCUT2D eigenvalue weighted by molar-refractivity contribution is -0.264. The van der Waals surface area contributed by atoms with Crippen LogP contribution in [-0.4, -0.2) is 35.3 Å². The van der Waals surface area contributed by atoms with Crippen LogP contribution in [0.2, 0.25) is 0 Å². The SMILES string of the molecule is CC(=O)O[C@H]1C[C@@]2(C(C)C)O[C@]1(C)[C@H]1CC[C@H](C)[C@@H]1[C@H]2OC(=O)/C=C/c1ccccc1. The van der Waals surface area contributed by atoms with E-state index in [0.29, 0.717) is 12.3 Å². The van der Waals surface area contributed by atoms with Crippen LogP contribution in [0.1, 0.15) is 59.4 Å². The predicted octanol–water partition coefficient (Wildman–Crippen LogP) is 4.79. The van der Waals surface area contributed by atoms with Gasteiger partial charge in [0, 0.05) is 25.3 Å². The molecule has 2 bridgehead atoms. The highest BCUT2D eigenvalue weighted by Crippen LogP contribution is 2.63. The van der Waals surface area contributed by atoms with Crippen molar-refractivity contribution in [2.75, 3.05) is 0 Å². The van der Waals surface area contributed by atoms with Gasteiger partial charge in [0.05, 0.1) is 0 Å². The fraction of sp³-hybridized carbons (Fsp3) is 0.615. The Hall–Kier alpha value is -2.14. The molecule has 0 amide bonds. The first-order valence-electron chi connectivity index (χ1n) is 11.5. The Morgan fingerprint density at radius 3 is 2.52 bits per heavy atom. The highest BCUT2D eigenvalue weighted by molar-refractivity contribution is 5.87. The Bertz CT molecular complexity index is 862. The first-order chi connectivity index (χ1) is 14.7. The van der Waals surface area contributed by atoms with Gasteiger partial charge in [-0.05, 0) is 49.2 Å². The lowest BCUT2D eigenvalue weighted by Gasteiger charge is -2.52. The molecule has 168 valence electrons. The second kappa shape index (κ2) is 8.09. The van der Waals surface area contributed by atoms with Gasteiger partial charge in [0.1, 0.15) is 23.4 Å². The van der Waals surface area contributed by atoms with Crippen molar-refractivity contribution >= 4 is 18.0 Å². The minimum Gasteiger partial charge on any atom is -0.459 e. The molecule has 2 aliphatic heterocycles. The lowest BCUT2D eigenvalue weighted by Crippen LogP contribution is -2.62. The minimum atomic E-state index is -0.662. The summed E-state index contributed by atoms with van der Waals surface area (Å²) in [5.41, 5.74) is -0.257. The Kier molecular flexibility index (Phi) is 5.76. The van der Waals surface area contributed by atoms with E-state index < -0.39 is 11.2 Å².